The highest BCUT2D eigenvalue weighted by molar-refractivity contribution is 5.98. The number of hydrogen-bond donors (Lipinski definition) is 1. The smallest absolute Gasteiger partial charge is 0.410 e. The van der Waals surface area contributed by atoms with Gasteiger partial charge in [-0.05, 0) is 56.9 Å². The number of carbonyl (C=O) groups excluding carboxylic acids is 3. The van der Waals surface area contributed by atoms with E-state index in [0.717, 1.165) is 11.1 Å². The van der Waals surface area contributed by atoms with Crippen LogP contribution in [-0.2, 0) is 21.6 Å². The molecule has 0 radical (unpaired) electrons. The highest BCUT2D eigenvalue weighted by atomic mass is 16.6. The molecule has 2 aromatic carbocycles. The number of carbonyl (C=O) groups is 3. The zero-order chi connectivity index (χ0) is 25.4. The lowest BCUT2D eigenvalue weighted by Gasteiger charge is -2.61. The zero-order valence-corrected chi connectivity index (χ0v) is 21.0. The maximum absolute atomic E-state index is 13.1. The van der Waals surface area contributed by atoms with Crippen molar-refractivity contribution in [1.29, 1.82) is 0 Å². The molecule has 2 aliphatic rings. The van der Waals surface area contributed by atoms with Crippen LogP contribution in [0.15, 0.2) is 54.6 Å². The van der Waals surface area contributed by atoms with E-state index in [1.807, 2.05) is 63.2 Å². The molecule has 4 rings (SSSR count). The van der Waals surface area contributed by atoms with Gasteiger partial charge in [-0.1, -0.05) is 42.5 Å². The molecule has 0 bridgehead atoms. The van der Waals surface area contributed by atoms with E-state index in [4.69, 9.17) is 9.47 Å². The first kappa shape index (κ1) is 24.6. The standard InChI is InChI=1S/C27H33N3O5/c1-25(2,3)35-24(33)29(4)27(20-9-7-6-8-10-20)17-26(18-27)15-22(31)30(23(32)28-26)16-19-11-13-21(34-5)14-12-19/h6-14H,15-18H2,1-5H3,(H,28,32). The first-order valence-electron chi connectivity index (χ1n) is 11.7. The second-order valence-electron chi connectivity index (χ2n) is 10.5. The Morgan fingerprint density at radius 2 is 1.69 bits per heavy atom. The Balaban J connectivity index is 1.52. The third kappa shape index (κ3) is 4.83. The van der Waals surface area contributed by atoms with Crippen molar-refractivity contribution in [2.24, 2.45) is 0 Å². The number of rotatable bonds is 5. The summed E-state index contributed by atoms with van der Waals surface area (Å²) in [4.78, 5) is 42.0. The van der Waals surface area contributed by atoms with Crippen molar-refractivity contribution < 1.29 is 23.9 Å². The van der Waals surface area contributed by atoms with Gasteiger partial charge < -0.3 is 19.7 Å². The summed E-state index contributed by atoms with van der Waals surface area (Å²) >= 11 is 0. The summed E-state index contributed by atoms with van der Waals surface area (Å²) < 4.78 is 10.8. The minimum atomic E-state index is -0.712. The number of ether oxygens (including phenoxy) is 2. The van der Waals surface area contributed by atoms with E-state index in [1.165, 1.54) is 4.90 Å². The maximum Gasteiger partial charge on any atom is 0.410 e. The van der Waals surface area contributed by atoms with Crippen LogP contribution in [0.5, 0.6) is 5.75 Å². The first-order chi connectivity index (χ1) is 16.5. The Hall–Kier alpha value is -3.55. The molecular weight excluding hydrogens is 446 g/mol. The summed E-state index contributed by atoms with van der Waals surface area (Å²) in [5, 5.41) is 3.08. The fraction of sp³-hybridized carbons (Fsp3) is 0.444. The number of benzene rings is 2. The number of methoxy groups -OCH3 is 1. The highest BCUT2D eigenvalue weighted by Crippen LogP contribution is 2.54. The van der Waals surface area contributed by atoms with Gasteiger partial charge in [-0.2, -0.15) is 0 Å². The number of nitrogens with one attached hydrogen (secondary N) is 1. The van der Waals surface area contributed by atoms with Gasteiger partial charge in [0.25, 0.3) is 0 Å². The molecule has 1 heterocycles. The summed E-state index contributed by atoms with van der Waals surface area (Å²) in [6.45, 7) is 5.67. The van der Waals surface area contributed by atoms with Crippen LogP contribution in [0.3, 0.4) is 0 Å². The average molecular weight is 480 g/mol. The number of urea groups is 1. The van der Waals surface area contributed by atoms with Gasteiger partial charge in [0, 0.05) is 7.05 Å². The van der Waals surface area contributed by atoms with Crippen molar-refractivity contribution in [2.45, 2.75) is 63.3 Å². The lowest BCUT2D eigenvalue weighted by molar-refractivity contribution is -0.138. The van der Waals surface area contributed by atoms with Gasteiger partial charge in [0.2, 0.25) is 5.91 Å². The normalized spacial score (nSPS) is 24.0. The first-order valence-corrected chi connectivity index (χ1v) is 11.7. The maximum atomic E-state index is 13.1. The molecule has 1 aliphatic carbocycles. The molecule has 0 unspecified atom stereocenters. The molecule has 0 atom stereocenters. The van der Waals surface area contributed by atoms with E-state index < -0.39 is 28.8 Å². The van der Waals surface area contributed by atoms with Crippen molar-refractivity contribution in [3.05, 3.63) is 65.7 Å². The SMILES string of the molecule is COc1ccc(CN2C(=O)CC3(CC(c4ccccc4)(N(C)C(=O)OC(C)(C)C)C3)NC2=O)cc1. The van der Waals surface area contributed by atoms with Crippen molar-refractivity contribution in [1.82, 2.24) is 15.1 Å². The summed E-state index contributed by atoms with van der Waals surface area (Å²) in [5.74, 6) is 0.481. The van der Waals surface area contributed by atoms with E-state index in [1.54, 1.807) is 31.2 Å². The number of nitrogens with zero attached hydrogens (tertiary/aromatic N) is 2. The Bertz CT molecular complexity index is 1080. The van der Waals surface area contributed by atoms with Gasteiger partial charge in [-0.3, -0.25) is 9.69 Å². The third-order valence-corrected chi connectivity index (χ3v) is 6.79. The molecule has 1 saturated heterocycles. The Kier molecular flexibility index (Phi) is 6.25. The Morgan fingerprint density at radius 1 is 1.06 bits per heavy atom. The molecular formula is C27H33N3O5. The largest absolute Gasteiger partial charge is 0.497 e. The van der Waals surface area contributed by atoms with Crippen LogP contribution in [0.4, 0.5) is 9.59 Å². The molecule has 4 amide bonds. The lowest BCUT2D eigenvalue weighted by atomic mass is 9.57. The van der Waals surface area contributed by atoms with Crippen LogP contribution in [-0.4, -0.2) is 53.1 Å². The molecule has 0 aromatic heterocycles. The second kappa shape index (κ2) is 8.91. The van der Waals surface area contributed by atoms with Crippen LogP contribution in [0.25, 0.3) is 0 Å². The minimum Gasteiger partial charge on any atom is -0.497 e. The predicted molar refractivity (Wildman–Crippen MR) is 131 cm³/mol. The van der Waals surface area contributed by atoms with E-state index in [2.05, 4.69) is 5.32 Å². The fourth-order valence-electron chi connectivity index (χ4n) is 5.08. The van der Waals surface area contributed by atoms with Gasteiger partial charge in [-0.15, -0.1) is 0 Å². The van der Waals surface area contributed by atoms with Crippen molar-refractivity contribution >= 4 is 18.0 Å². The summed E-state index contributed by atoms with van der Waals surface area (Å²) in [7, 11) is 3.31. The molecule has 1 aliphatic heterocycles. The van der Waals surface area contributed by atoms with Crippen molar-refractivity contribution in [3.63, 3.8) is 0 Å². The second-order valence-corrected chi connectivity index (χ2v) is 10.5. The van der Waals surface area contributed by atoms with Crippen LogP contribution < -0.4 is 10.1 Å². The molecule has 2 fully saturated rings. The van der Waals surface area contributed by atoms with Gasteiger partial charge in [0.1, 0.15) is 11.4 Å². The predicted octanol–water partition coefficient (Wildman–Crippen LogP) is 4.43. The Morgan fingerprint density at radius 3 is 2.23 bits per heavy atom. The minimum absolute atomic E-state index is 0.172. The number of hydrogen-bond acceptors (Lipinski definition) is 5. The average Bonchev–Trinajstić information content (AvgIpc) is 2.79. The van der Waals surface area contributed by atoms with E-state index in [0.29, 0.717) is 18.6 Å². The van der Waals surface area contributed by atoms with Crippen molar-refractivity contribution in [3.8, 4) is 5.75 Å². The van der Waals surface area contributed by atoms with Crippen LogP contribution in [0.2, 0.25) is 0 Å². The molecule has 35 heavy (non-hydrogen) atoms. The monoisotopic (exact) mass is 479 g/mol. The number of imide groups is 1. The van der Waals surface area contributed by atoms with Crippen LogP contribution >= 0.6 is 0 Å². The summed E-state index contributed by atoms with van der Waals surface area (Å²) in [6, 6.07) is 16.6. The van der Waals surface area contributed by atoms with Crippen LogP contribution in [0.1, 0.15) is 51.2 Å². The summed E-state index contributed by atoms with van der Waals surface area (Å²) in [6.07, 6.45) is 0.582. The topological polar surface area (TPSA) is 88.2 Å². The van der Waals surface area contributed by atoms with E-state index in [-0.39, 0.29) is 18.9 Å². The third-order valence-electron chi connectivity index (χ3n) is 6.79. The molecule has 2 aromatic rings. The summed E-state index contributed by atoms with van der Waals surface area (Å²) in [5.41, 5.74) is -0.253. The molecule has 8 nitrogen and oxygen atoms in total. The quantitative estimate of drug-likeness (QED) is 0.685. The molecule has 1 saturated carbocycles. The van der Waals surface area contributed by atoms with E-state index >= 15 is 0 Å². The van der Waals surface area contributed by atoms with Gasteiger partial charge in [0.15, 0.2) is 0 Å². The van der Waals surface area contributed by atoms with Gasteiger partial charge in [0.05, 0.1) is 31.2 Å². The van der Waals surface area contributed by atoms with Crippen LogP contribution in [0, 0.1) is 0 Å². The highest BCUT2D eigenvalue weighted by Gasteiger charge is 2.62. The molecule has 1 N–H and O–H groups in total. The van der Waals surface area contributed by atoms with Crippen molar-refractivity contribution in [2.75, 3.05) is 14.2 Å². The fourth-order valence-corrected chi connectivity index (χ4v) is 5.08. The van der Waals surface area contributed by atoms with Gasteiger partial charge in [-0.25, -0.2) is 9.59 Å². The molecule has 186 valence electrons. The van der Waals surface area contributed by atoms with Gasteiger partial charge >= 0.3 is 12.1 Å². The molecule has 1 spiro atoms. The molecule has 8 heteroatoms. The lowest BCUT2D eigenvalue weighted by Crippen LogP contribution is -2.74. The Labute approximate surface area is 206 Å². The zero-order valence-electron chi connectivity index (χ0n) is 21.0. The van der Waals surface area contributed by atoms with E-state index in [9.17, 15) is 14.4 Å². The number of amides is 4.